The summed E-state index contributed by atoms with van der Waals surface area (Å²) >= 11 is 0. The summed E-state index contributed by atoms with van der Waals surface area (Å²) < 4.78 is 0. The second kappa shape index (κ2) is 9.54. The predicted molar refractivity (Wildman–Crippen MR) is 78.6 cm³/mol. The Kier molecular flexibility index (Phi) is 7.87. The summed E-state index contributed by atoms with van der Waals surface area (Å²) in [4.78, 5) is 16.3. The Labute approximate surface area is 116 Å². The first-order valence-corrected chi connectivity index (χ1v) is 7.45. The lowest BCUT2D eigenvalue weighted by atomic mass is 9.97. The Hall–Kier alpha value is -1.38. The third-order valence-electron chi connectivity index (χ3n) is 3.44. The molecule has 1 rings (SSSR count). The maximum Gasteiger partial charge on any atom is 0.223 e. The largest absolute Gasteiger partial charge is 0.350 e. The fraction of sp³-hybridized carbons (Fsp3) is 0.625. The van der Waals surface area contributed by atoms with Gasteiger partial charge >= 0.3 is 0 Å². The van der Waals surface area contributed by atoms with Gasteiger partial charge in [-0.2, -0.15) is 0 Å². The lowest BCUT2D eigenvalue weighted by molar-refractivity contribution is -0.125. The summed E-state index contributed by atoms with van der Waals surface area (Å²) in [6, 6.07) is 5.76. The molecule has 1 aromatic rings. The zero-order chi connectivity index (χ0) is 13.9. The average Bonchev–Trinajstić information content (AvgIpc) is 2.46. The molecular weight excluding hydrogens is 236 g/mol. The molecule has 0 bridgehead atoms. The van der Waals surface area contributed by atoms with Gasteiger partial charge in [-0.05, 0) is 25.0 Å². The number of hydrogen-bond acceptors (Lipinski definition) is 2. The number of nitrogens with one attached hydrogen (secondary N) is 1. The van der Waals surface area contributed by atoms with E-state index in [4.69, 9.17) is 0 Å². The van der Waals surface area contributed by atoms with Crippen LogP contribution in [0.3, 0.4) is 0 Å². The first kappa shape index (κ1) is 15.7. The monoisotopic (exact) mass is 262 g/mol. The molecule has 0 aliphatic heterocycles. The van der Waals surface area contributed by atoms with Gasteiger partial charge in [-0.1, -0.05) is 45.6 Å². The second-order valence-corrected chi connectivity index (χ2v) is 4.99. The molecule has 0 fully saturated rings. The molecule has 0 aliphatic carbocycles. The molecular formula is C16H26N2O. The van der Waals surface area contributed by atoms with Crippen molar-refractivity contribution in [3.63, 3.8) is 0 Å². The number of carbonyl (C=O) groups is 1. The van der Waals surface area contributed by atoms with Crippen LogP contribution in [0, 0.1) is 5.92 Å². The summed E-state index contributed by atoms with van der Waals surface area (Å²) in [6.07, 6.45) is 8.58. The Morgan fingerprint density at radius 1 is 1.26 bits per heavy atom. The topological polar surface area (TPSA) is 42.0 Å². The smallest absolute Gasteiger partial charge is 0.223 e. The highest BCUT2D eigenvalue weighted by molar-refractivity contribution is 5.78. The highest BCUT2D eigenvalue weighted by Gasteiger charge is 2.15. The van der Waals surface area contributed by atoms with Crippen LogP contribution >= 0.6 is 0 Å². The molecule has 1 heterocycles. The molecule has 106 valence electrons. The normalized spacial score (nSPS) is 12.1. The van der Waals surface area contributed by atoms with Gasteiger partial charge in [-0.25, -0.2) is 0 Å². The van der Waals surface area contributed by atoms with Crippen LogP contribution in [0.2, 0.25) is 0 Å². The standard InChI is InChI=1S/C16H26N2O/c1-3-5-6-7-10-14(4-2)16(19)18-13-15-11-8-9-12-17-15/h8-9,11-12,14H,3-7,10,13H2,1-2H3,(H,18,19). The van der Waals surface area contributed by atoms with E-state index < -0.39 is 0 Å². The van der Waals surface area contributed by atoms with Crippen LogP contribution in [0.4, 0.5) is 0 Å². The van der Waals surface area contributed by atoms with Crippen LogP contribution in [-0.2, 0) is 11.3 Å². The van der Waals surface area contributed by atoms with Crippen molar-refractivity contribution in [2.24, 2.45) is 5.92 Å². The molecule has 1 unspecified atom stereocenters. The number of rotatable bonds is 9. The van der Waals surface area contributed by atoms with Gasteiger partial charge in [0.05, 0.1) is 12.2 Å². The summed E-state index contributed by atoms with van der Waals surface area (Å²) in [5.41, 5.74) is 0.914. The Bertz CT molecular complexity index is 351. The van der Waals surface area contributed by atoms with Crippen molar-refractivity contribution in [2.45, 2.75) is 58.9 Å². The number of hydrogen-bond donors (Lipinski definition) is 1. The van der Waals surface area contributed by atoms with Crippen molar-refractivity contribution in [2.75, 3.05) is 0 Å². The van der Waals surface area contributed by atoms with E-state index in [9.17, 15) is 4.79 Å². The van der Waals surface area contributed by atoms with Crippen LogP contribution in [0.1, 0.15) is 58.1 Å². The van der Waals surface area contributed by atoms with Crippen LogP contribution in [0.15, 0.2) is 24.4 Å². The maximum absolute atomic E-state index is 12.1. The summed E-state index contributed by atoms with van der Waals surface area (Å²) in [7, 11) is 0. The third kappa shape index (κ3) is 6.37. The quantitative estimate of drug-likeness (QED) is 0.690. The van der Waals surface area contributed by atoms with Crippen molar-refractivity contribution in [3.8, 4) is 0 Å². The van der Waals surface area contributed by atoms with Crippen LogP contribution < -0.4 is 5.32 Å². The molecule has 1 aromatic heterocycles. The molecule has 19 heavy (non-hydrogen) atoms. The SMILES string of the molecule is CCCCCCC(CC)C(=O)NCc1ccccn1. The van der Waals surface area contributed by atoms with E-state index in [2.05, 4.69) is 24.1 Å². The Balaban J connectivity index is 2.29. The van der Waals surface area contributed by atoms with Crippen molar-refractivity contribution in [1.82, 2.24) is 10.3 Å². The fourth-order valence-corrected chi connectivity index (χ4v) is 2.16. The summed E-state index contributed by atoms with van der Waals surface area (Å²) in [5, 5.41) is 2.99. The molecule has 0 saturated carbocycles. The van der Waals surface area contributed by atoms with Gasteiger partial charge < -0.3 is 5.32 Å². The van der Waals surface area contributed by atoms with E-state index in [0.717, 1.165) is 25.0 Å². The third-order valence-corrected chi connectivity index (χ3v) is 3.44. The molecule has 0 aromatic carbocycles. The van der Waals surface area contributed by atoms with Gasteiger partial charge in [-0.15, -0.1) is 0 Å². The molecule has 0 radical (unpaired) electrons. The Morgan fingerprint density at radius 3 is 2.74 bits per heavy atom. The number of amides is 1. The number of pyridine rings is 1. The van der Waals surface area contributed by atoms with E-state index in [1.165, 1.54) is 19.3 Å². The van der Waals surface area contributed by atoms with E-state index in [1.54, 1.807) is 6.20 Å². The predicted octanol–water partition coefficient (Wildman–Crippen LogP) is 3.69. The van der Waals surface area contributed by atoms with Gasteiger partial charge in [-0.3, -0.25) is 9.78 Å². The molecule has 1 atom stereocenters. The molecule has 0 saturated heterocycles. The van der Waals surface area contributed by atoms with Crippen molar-refractivity contribution < 1.29 is 4.79 Å². The second-order valence-electron chi connectivity index (χ2n) is 4.99. The lowest BCUT2D eigenvalue weighted by Crippen LogP contribution is -2.30. The molecule has 1 amide bonds. The minimum absolute atomic E-state index is 0.153. The zero-order valence-electron chi connectivity index (χ0n) is 12.2. The first-order chi connectivity index (χ1) is 9.27. The fourth-order valence-electron chi connectivity index (χ4n) is 2.16. The molecule has 3 heteroatoms. The van der Waals surface area contributed by atoms with Crippen molar-refractivity contribution in [1.29, 1.82) is 0 Å². The average molecular weight is 262 g/mol. The molecule has 0 aliphatic rings. The number of nitrogens with zero attached hydrogens (tertiary/aromatic N) is 1. The van der Waals surface area contributed by atoms with Crippen LogP contribution in [-0.4, -0.2) is 10.9 Å². The molecule has 0 spiro atoms. The first-order valence-electron chi connectivity index (χ1n) is 7.45. The van der Waals surface area contributed by atoms with Gasteiger partial charge in [0, 0.05) is 12.1 Å². The van der Waals surface area contributed by atoms with E-state index in [0.29, 0.717) is 6.54 Å². The minimum Gasteiger partial charge on any atom is -0.350 e. The number of carbonyl (C=O) groups excluding carboxylic acids is 1. The molecule has 3 nitrogen and oxygen atoms in total. The van der Waals surface area contributed by atoms with E-state index >= 15 is 0 Å². The van der Waals surface area contributed by atoms with Crippen molar-refractivity contribution in [3.05, 3.63) is 30.1 Å². The van der Waals surface area contributed by atoms with Gasteiger partial charge in [0.25, 0.3) is 0 Å². The number of aromatic nitrogens is 1. The van der Waals surface area contributed by atoms with E-state index in [1.807, 2.05) is 18.2 Å². The van der Waals surface area contributed by atoms with Crippen LogP contribution in [0.5, 0.6) is 0 Å². The van der Waals surface area contributed by atoms with Crippen LogP contribution in [0.25, 0.3) is 0 Å². The summed E-state index contributed by atoms with van der Waals surface area (Å²) in [6.45, 7) is 4.83. The lowest BCUT2D eigenvalue weighted by Gasteiger charge is -2.14. The zero-order valence-corrected chi connectivity index (χ0v) is 12.2. The highest BCUT2D eigenvalue weighted by atomic mass is 16.1. The van der Waals surface area contributed by atoms with E-state index in [-0.39, 0.29) is 11.8 Å². The highest BCUT2D eigenvalue weighted by Crippen LogP contribution is 2.14. The maximum atomic E-state index is 12.1. The molecule has 1 N–H and O–H groups in total. The van der Waals surface area contributed by atoms with Gasteiger partial charge in [0.2, 0.25) is 5.91 Å². The Morgan fingerprint density at radius 2 is 2.11 bits per heavy atom. The van der Waals surface area contributed by atoms with Crippen molar-refractivity contribution >= 4 is 5.91 Å². The minimum atomic E-state index is 0.153. The van der Waals surface area contributed by atoms with Gasteiger partial charge in [0.15, 0.2) is 0 Å². The summed E-state index contributed by atoms with van der Waals surface area (Å²) in [5.74, 6) is 0.324. The number of unbranched alkanes of at least 4 members (excludes halogenated alkanes) is 3. The van der Waals surface area contributed by atoms with Gasteiger partial charge in [0.1, 0.15) is 0 Å².